The highest BCUT2D eigenvalue weighted by Crippen LogP contribution is 2.26. The third kappa shape index (κ3) is 2.61. The van der Waals surface area contributed by atoms with E-state index >= 15 is 0 Å². The van der Waals surface area contributed by atoms with Gasteiger partial charge in [-0.3, -0.25) is 4.79 Å². The predicted octanol–water partition coefficient (Wildman–Crippen LogP) is 1.69. The lowest BCUT2D eigenvalue weighted by molar-refractivity contribution is -0.142. The molecule has 5 nitrogen and oxygen atoms in total. The Balaban J connectivity index is 2.27. The highest BCUT2D eigenvalue weighted by Gasteiger charge is 2.39. The van der Waals surface area contributed by atoms with Crippen LogP contribution < -0.4 is 4.90 Å². The summed E-state index contributed by atoms with van der Waals surface area (Å²) in [7, 11) is 3.81. The number of carbonyl (C=O) groups is 2. The molecule has 0 aromatic heterocycles. The molecule has 0 spiro atoms. The first-order valence-electron chi connectivity index (χ1n) is 6.73. The van der Waals surface area contributed by atoms with Gasteiger partial charge in [-0.05, 0) is 30.5 Å². The van der Waals surface area contributed by atoms with E-state index in [2.05, 4.69) is 0 Å². The highest BCUT2D eigenvalue weighted by atomic mass is 16.4. The van der Waals surface area contributed by atoms with Crippen LogP contribution in [-0.4, -0.2) is 48.6 Å². The number of likely N-dealkylation sites (tertiary alicyclic amines) is 1. The first-order chi connectivity index (χ1) is 9.41. The summed E-state index contributed by atoms with van der Waals surface area (Å²) in [4.78, 5) is 27.2. The summed E-state index contributed by atoms with van der Waals surface area (Å²) in [5.74, 6) is -1.13. The zero-order valence-corrected chi connectivity index (χ0v) is 12.0. The van der Waals surface area contributed by atoms with Gasteiger partial charge in [-0.15, -0.1) is 0 Å². The largest absolute Gasteiger partial charge is 0.480 e. The fraction of sp³-hybridized carbons (Fsp3) is 0.467. The van der Waals surface area contributed by atoms with Gasteiger partial charge in [0.05, 0.1) is 0 Å². The Morgan fingerprint density at radius 2 is 2.05 bits per heavy atom. The van der Waals surface area contributed by atoms with E-state index in [9.17, 15) is 14.7 Å². The summed E-state index contributed by atoms with van der Waals surface area (Å²) in [5, 5.41) is 9.29. The Morgan fingerprint density at radius 3 is 2.65 bits per heavy atom. The van der Waals surface area contributed by atoms with Gasteiger partial charge in [0.25, 0.3) is 5.91 Å². The smallest absolute Gasteiger partial charge is 0.326 e. The van der Waals surface area contributed by atoms with Crippen LogP contribution in [0.25, 0.3) is 0 Å². The van der Waals surface area contributed by atoms with Crippen molar-refractivity contribution in [3.63, 3.8) is 0 Å². The van der Waals surface area contributed by atoms with Crippen molar-refractivity contribution >= 4 is 17.6 Å². The molecule has 0 radical (unpaired) electrons. The second-order valence-electron chi connectivity index (χ2n) is 5.49. The van der Waals surface area contributed by atoms with Gasteiger partial charge in [0.1, 0.15) is 6.04 Å². The number of nitrogens with zero attached hydrogens (tertiary/aromatic N) is 2. The molecule has 1 aliphatic heterocycles. The van der Waals surface area contributed by atoms with Crippen molar-refractivity contribution < 1.29 is 14.7 Å². The zero-order valence-electron chi connectivity index (χ0n) is 12.0. The quantitative estimate of drug-likeness (QED) is 0.912. The molecule has 5 heteroatoms. The molecule has 1 N–H and O–H groups in total. The second-order valence-corrected chi connectivity index (χ2v) is 5.49. The fourth-order valence-electron chi connectivity index (χ4n) is 2.63. The van der Waals surface area contributed by atoms with Gasteiger partial charge in [0.2, 0.25) is 0 Å². The number of carboxylic acid groups (broad SMARTS) is 1. The minimum absolute atomic E-state index is 0.00604. The van der Waals surface area contributed by atoms with Crippen molar-refractivity contribution in [3.8, 4) is 0 Å². The van der Waals surface area contributed by atoms with Gasteiger partial charge in [-0.2, -0.15) is 0 Å². The summed E-state index contributed by atoms with van der Waals surface area (Å²) in [6, 6.07) is 6.54. The molecule has 20 heavy (non-hydrogen) atoms. The molecule has 1 aromatic rings. The molecule has 0 saturated carbocycles. The molecular weight excluding hydrogens is 256 g/mol. The molecule has 1 fully saturated rings. The van der Waals surface area contributed by atoms with Crippen molar-refractivity contribution in [2.24, 2.45) is 5.92 Å². The van der Waals surface area contributed by atoms with Gasteiger partial charge in [-0.1, -0.05) is 13.0 Å². The zero-order chi connectivity index (χ0) is 14.9. The Bertz CT molecular complexity index is 528. The van der Waals surface area contributed by atoms with E-state index in [-0.39, 0.29) is 11.8 Å². The Kier molecular flexibility index (Phi) is 3.97. The van der Waals surface area contributed by atoms with E-state index in [0.29, 0.717) is 12.1 Å². The van der Waals surface area contributed by atoms with Crippen LogP contribution in [0.5, 0.6) is 0 Å². The van der Waals surface area contributed by atoms with E-state index in [1.165, 1.54) is 4.90 Å². The minimum atomic E-state index is -0.924. The topological polar surface area (TPSA) is 60.9 Å². The van der Waals surface area contributed by atoms with E-state index in [0.717, 1.165) is 12.1 Å². The number of carboxylic acids is 1. The van der Waals surface area contributed by atoms with Crippen LogP contribution in [-0.2, 0) is 4.79 Å². The molecule has 1 saturated heterocycles. The number of hydrogen-bond acceptors (Lipinski definition) is 3. The van der Waals surface area contributed by atoms with Gasteiger partial charge < -0.3 is 14.9 Å². The summed E-state index contributed by atoms with van der Waals surface area (Å²) in [6.07, 6.45) is 0.732. The van der Waals surface area contributed by atoms with Crippen molar-refractivity contribution in [1.82, 2.24) is 4.90 Å². The molecule has 1 heterocycles. The minimum Gasteiger partial charge on any atom is -0.480 e. The van der Waals surface area contributed by atoms with Crippen LogP contribution in [0.2, 0.25) is 0 Å². The van der Waals surface area contributed by atoms with Crippen LogP contribution in [0.15, 0.2) is 24.3 Å². The van der Waals surface area contributed by atoms with Crippen molar-refractivity contribution in [2.75, 3.05) is 25.5 Å². The number of aliphatic carboxylic acids is 1. The maximum Gasteiger partial charge on any atom is 0.326 e. The maximum atomic E-state index is 12.5. The molecule has 1 amide bonds. The fourth-order valence-corrected chi connectivity index (χ4v) is 2.63. The third-order valence-corrected chi connectivity index (χ3v) is 3.82. The van der Waals surface area contributed by atoms with Gasteiger partial charge in [0.15, 0.2) is 0 Å². The number of anilines is 1. The summed E-state index contributed by atoms with van der Waals surface area (Å²) in [5.41, 5.74) is 1.46. The first-order valence-corrected chi connectivity index (χ1v) is 6.73. The van der Waals surface area contributed by atoms with Crippen molar-refractivity contribution in [2.45, 2.75) is 19.4 Å². The van der Waals surface area contributed by atoms with Gasteiger partial charge >= 0.3 is 5.97 Å². The standard InChI is InChI=1S/C15H20N2O3/c1-10-7-8-17(13(10)15(19)20)14(18)11-5-4-6-12(9-11)16(2)3/h4-6,9-10,13H,7-8H2,1-3H3,(H,19,20). The number of amides is 1. The molecular formula is C15H20N2O3. The lowest BCUT2D eigenvalue weighted by Gasteiger charge is -2.24. The third-order valence-electron chi connectivity index (χ3n) is 3.82. The molecule has 108 valence electrons. The van der Waals surface area contributed by atoms with Gasteiger partial charge in [-0.25, -0.2) is 4.79 Å². The second kappa shape index (κ2) is 5.53. The summed E-state index contributed by atoms with van der Waals surface area (Å²) < 4.78 is 0. The van der Waals surface area contributed by atoms with Crippen molar-refractivity contribution in [1.29, 1.82) is 0 Å². The molecule has 0 bridgehead atoms. The van der Waals surface area contributed by atoms with E-state index in [1.54, 1.807) is 12.1 Å². The molecule has 1 aliphatic rings. The normalized spacial score (nSPS) is 21.9. The first kappa shape index (κ1) is 14.4. The lowest BCUT2D eigenvalue weighted by atomic mass is 10.0. The van der Waals surface area contributed by atoms with Crippen molar-refractivity contribution in [3.05, 3.63) is 29.8 Å². The molecule has 2 atom stereocenters. The average Bonchev–Trinajstić information content (AvgIpc) is 2.80. The molecule has 2 unspecified atom stereocenters. The van der Waals surface area contributed by atoms with Crippen LogP contribution >= 0.6 is 0 Å². The monoisotopic (exact) mass is 276 g/mol. The SMILES string of the molecule is CC1CCN(C(=O)c2cccc(N(C)C)c2)C1C(=O)O. The Morgan fingerprint density at radius 1 is 1.35 bits per heavy atom. The molecule has 1 aromatic carbocycles. The molecule has 0 aliphatic carbocycles. The predicted molar refractivity (Wildman–Crippen MR) is 77.0 cm³/mol. The van der Waals surface area contributed by atoms with Gasteiger partial charge in [0, 0.05) is 31.9 Å². The van der Waals surface area contributed by atoms with E-state index < -0.39 is 12.0 Å². The summed E-state index contributed by atoms with van der Waals surface area (Å²) in [6.45, 7) is 2.38. The van der Waals surface area contributed by atoms with Crippen LogP contribution in [0.4, 0.5) is 5.69 Å². The number of carbonyl (C=O) groups excluding carboxylic acids is 1. The Hall–Kier alpha value is -2.04. The Labute approximate surface area is 118 Å². The van der Waals surface area contributed by atoms with Crippen LogP contribution in [0, 0.1) is 5.92 Å². The van der Waals surface area contributed by atoms with E-state index in [4.69, 9.17) is 0 Å². The van der Waals surface area contributed by atoms with E-state index in [1.807, 2.05) is 38.1 Å². The number of rotatable bonds is 3. The number of hydrogen-bond donors (Lipinski definition) is 1. The van der Waals surface area contributed by atoms with Crippen LogP contribution in [0.3, 0.4) is 0 Å². The highest BCUT2D eigenvalue weighted by molar-refractivity contribution is 5.97. The average molecular weight is 276 g/mol. The maximum absolute atomic E-state index is 12.5. The lowest BCUT2D eigenvalue weighted by Crippen LogP contribution is -2.42. The summed E-state index contributed by atoms with van der Waals surface area (Å²) >= 11 is 0. The van der Waals surface area contributed by atoms with Crippen LogP contribution in [0.1, 0.15) is 23.7 Å². The molecule has 2 rings (SSSR count). The number of benzene rings is 1.